The van der Waals surface area contributed by atoms with E-state index in [2.05, 4.69) is 0 Å². The number of thiazole rings is 1. The minimum atomic E-state index is -0.783. The van der Waals surface area contributed by atoms with Crippen LogP contribution in [-0.4, -0.2) is 28.3 Å². The monoisotopic (exact) mass is 637 g/mol. The standard InChI is InChI=1S/C34H27N3O6S2/c1-4-42-33(39)29-30(21-8-6-5-7-9-21)35-34-36(31(29)22-12-15-25(44-3)16-13-22)32(38)28(45-34)19-24-14-17-27(43-24)23-11-10-20(2)26(18-23)37(40)41/h5-19,31H,4H2,1-3H3/b28-19-/t31-/m0/s1. The fourth-order valence-corrected chi connectivity index (χ4v) is 6.61. The Hall–Kier alpha value is -5.00. The first-order valence-electron chi connectivity index (χ1n) is 14.1. The van der Waals surface area contributed by atoms with Crippen LogP contribution in [-0.2, 0) is 9.53 Å². The topological polar surface area (TPSA) is 117 Å². The van der Waals surface area contributed by atoms with Crippen molar-refractivity contribution >= 4 is 46.5 Å². The molecular formula is C34H27N3O6S2. The molecule has 3 aromatic carbocycles. The van der Waals surface area contributed by atoms with E-state index in [1.165, 1.54) is 22.0 Å². The summed E-state index contributed by atoms with van der Waals surface area (Å²) >= 11 is 2.79. The molecule has 0 amide bonds. The van der Waals surface area contributed by atoms with Gasteiger partial charge in [0.2, 0.25) is 0 Å². The van der Waals surface area contributed by atoms with Gasteiger partial charge in [0.25, 0.3) is 11.2 Å². The Morgan fingerprint density at radius 1 is 1.09 bits per heavy atom. The van der Waals surface area contributed by atoms with Crippen LogP contribution in [0.15, 0.2) is 110 Å². The van der Waals surface area contributed by atoms with Gasteiger partial charge < -0.3 is 9.15 Å². The number of hydrogen-bond donors (Lipinski definition) is 0. The van der Waals surface area contributed by atoms with Crippen LogP contribution in [0.1, 0.15) is 35.4 Å². The van der Waals surface area contributed by atoms with Gasteiger partial charge in [0, 0.05) is 33.7 Å². The minimum absolute atomic E-state index is 0.00375. The third kappa shape index (κ3) is 5.79. The fraction of sp³-hybridized carbons (Fsp3) is 0.147. The van der Waals surface area contributed by atoms with E-state index in [0.717, 1.165) is 16.0 Å². The van der Waals surface area contributed by atoms with Crippen molar-refractivity contribution in [3.63, 3.8) is 0 Å². The molecule has 5 aromatic rings. The highest BCUT2D eigenvalue weighted by Crippen LogP contribution is 2.36. The largest absolute Gasteiger partial charge is 0.463 e. The van der Waals surface area contributed by atoms with Crippen LogP contribution in [0, 0.1) is 17.0 Å². The van der Waals surface area contributed by atoms with E-state index in [1.807, 2.05) is 60.9 Å². The van der Waals surface area contributed by atoms with Crippen molar-refractivity contribution in [2.24, 2.45) is 4.99 Å². The van der Waals surface area contributed by atoms with Crippen molar-refractivity contribution in [2.75, 3.05) is 12.9 Å². The molecule has 1 aliphatic heterocycles. The van der Waals surface area contributed by atoms with Crippen LogP contribution in [0.2, 0.25) is 0 Å². The molecule has 2 aromatic heterocycles. The van der Waals surface area contributed by atoms with Crippen LogP contribution in [0.5, 0.6) is 0 Å². The molecule has 6 rings (SSSR count). The highest BCUT2D eigenvalue weighted by atomic mass is 32.2. The van der Waals surface area contributed by atoms with Crippen LogP contribution < -0.4 is 14.9 Å². The number of nitro groups is 1. The molecule has 0 aliphatic carbocycles. The first-order valence-corrected chi connectivity index (χ1v) is 16.1. The number of fused-ring (bicyclic) bond motifs is 1. The Balaban J connectivity index is 1.53. The molecule has 0 bridgehead atoms. The first-order chi connectivity index (χ1) is 21.8. The number of furan rings is 1. The van der Waals surface area contributed by atoms with Gasteiger partial charge in [-0.1, -0.05) is 65.9 Å². The average Bonchev–Trinajstić information content (AvgIpc) is 3.65. The number of aryl methyl sites for hydroxylation is 1. The Morgan fingerprint density at radius 3 is 2.53 bits per heavy atom. The van der Waals surface area contributed by atoms with Crippen molar-refractivity contribution in [3.05, 3.63) is 143 Å². The molecule has 45 heavy (non-hydrogen) atoms. The lowest BCUT2D eigenvalue weighted by Gasteiger charge is -2.26. The van der Waals surface area contributed by atoms with Crippen molar-refractivity contribution in [1.29, 1.82) is 0 Å². The Kier molecular flexibility index (Phi) is 8.38. The third-order valence-electron chi connectivity index (χ3n) is 7.40. The lowest BCUT2D eigenvalue weighted by molar-refractivity contribution is -0.385. The van der Waals surface area contributed by atoms with Gasteiger partial charge in [0.1, 0.15) is 11.5 Å². The van der Waals surface area contributed by atoms with Gasteiger partial charge in [0.05, 0.1) is 33.4 Å². The van der Waals surface area contributed by atoms with Crippen LogP contribution in [0.3, 0.4) is 0 Å². The van der Waals surface area contributed by atoms with E-state index in [1.54, 1.807) is 56.0 Å². The number of hydrogen-bond acceptors (Lipinski definition) is 9. The van der Waals surface area contributed by atoms with Gasteiger partial charge in [-0.2, -0.15) is 0 Å². The van der Waals surface area contributed by atoms with E-state index in [0.29, 0.717) is 37.7 Å². The second-order valence-corrected chi connectivity index (χ2v) is 12.1. The summed E-state index contributed by atoms with van der Waals surface area (Å²) in [6, 6.07) is 24.7. The summed E-state index contributed by atoms with van der Waals surface area (Å²) in [6.07, 6.45) is 3.61. The lowest BCUT2D eigenvalue weighted by atomic mass is 9.93. The Bertz CT molecular complexity index is 2140. The highest BCUT2D eigenvalue weighted by Gasteiger charge is 2.35. The van der Waals surface area contributed by atoms with E-state index < -0.39 is 16.9 Å². The molecule has 0 spiro atoms. The molecule has 11 heteroatoms. The minimum Gasteiger partial charge on any atom is -0.463 e. The number of esters is 1. The van der Waals surface area contributed by atoms with Crippen LogP contribution >= 0.6 is 23.1 Å². The fourth-order valence-electron chi connectivity index (χ4n) is 5.22. The maximum Gasteiger partial charge on any atom is 0.338 e. The first kappa shape index (κ1) is 30.0. The summed E-state index contributed by atoms with van der Waals surface area (Å²) in [4.78, 5) is 45.1. The van der Waals surface area contributed by atoms with E-state index in [9.17, 15) is 19.7 Å². The summed E-state index contributed by atoms with van der Waals surface area (Å²) in [5.74, 6) is 0.281. The molecule has 0 saturated heterocycles. The third-order valence-corrected chi connectivity index (χ3v) is 9.12. The van der Waals surface area contributed by atoms with Crippen LogP contribution in [0.25, 0.3) is 23.1 Å². The molecule has 1 atom stereocenters. The van der Waals surface area contributed by atoms with E-state index in [-0.39, 0.29) is 23.4 Å². The zero-order chi connectivity index (χ0) is 31.7. The Labute approximate surface area is 266 Å². The number of thioether (sulfide) groups is 1. The van der Waals surface area contributed by atoms with Gasteiger partial charge >= 0.3 is 5.97 Å². The molecule has 9 nitrogen and oxygen atoms in total. The van der Waals surface area contributed by atoms with Gasteiger partial charge in [-0.05, 0) is 49.9 Å². The number of nitrogens with zero attached hydrogens (tertiary/aromatic N) is 3. The van der Waals surface area contributed by atoms with Crippen molar-refractivity contribution in [2.45, 2.75) is 24.8 Å². The van der Waals surface area contributed by atoms with Gasteiger partial charge in [-0.25, -0.2) is 9.79 Å². The molecule has 3 heterocycles. The molecule has 0 fully saturated rings. The van der Waals surface area contributed by atoms with Crippen LogP contribution in [0.4, 0.5) is 5.69 Å². The van der Waals surface area contributed by atoms with E-state index >= 15 is 0 Å². The quantitative estimate of drug-likeness (QED) is 0.0869. The number of ether oxygens (including phenoxy) is 1. The summed E-state index contributed by atoms with van der Waals surface area (Å²) in [5, 5.41) is 11.5. The average molecular weight is 638 g/mol. The van der Waals surface area contributed by atoms with Gasteiger partial charge in [-0.15, -0.1) is 11.8 Å². The number of rotatable bonds is 8. The smallest absolute Gasteiger partial charge is 0.338 e. The molecule has 0 radical (unpaired) electrons. The van der Waals surface area contributed by atoms with Crippen molar-refractivity contribution in [1.82, 2.24) is 4.57 Å². The number of carbonyl (C=O) groups is 1. The predicted molar refractivity (Wildman–Crippen MR) is 175 cm³/mol. The maximum absolute atomic E-state index is 14.1. The number of nitro benzene ring substituents is 1. The molecule has 226 valence electrons. The van der Waals surface area contributed by atoms with Gasteiger partial charge in [0.15, 0.2) is 4.80 Å². The maximum atomic E-state index is 14.1. The molecule has 0 saturated carbocycles. The summed E-state index contributed by atoms with van der Waals surface area (Å²) in [6.45, 7) is 3.58. The normalized spacial score (nSPS) is 14.6. The molecule has 1 aliphatic rings. The summed E-state index contributed by atoms with van der Waals surface area (Å²) < 4.78 is 13.4. The number of carbonyl (C=O) groups excluding carboxylic acids is 1. The second kappa shape index (κ2) is 12.5. The van der Waals surface area contributed by atoms with E-state index in [4.69, 9.17) is 14.1 Å². The molecule has 0 N–H and O–H groups in total. The zero-order valence-electron chi connectivity index (χ0n) is 24.6. The van der Waals surface area contributed by atoms with Gasteiger partial charge in [-0.3, -0.25) is 19.5 Å². The zero-order valence-corrected chi connectivity index (χ0v) is 26.2. The lowest BCUT2D eigenvalue weighted by Crippen LogP contribution is -2.40. The molecular weight excluding hydrogens is 611 g/mol. The molecule has 0 unspecified atom stereocenters. The Morgan fingerprint density at radius 2 is 1.84 bits per heavy atom. The van der Waals surface area contributed by atoms with Crippen molar-refractivity contribution < 1.29 is 18.9 Å². The number of benzene rings is 3. The number of aromatic nitrogens is 1. The highest BCUT2D eigenvalue weighted by molar-refractivity contribution is 7.98. The summed E-state index contributed by atoms with van der Waals surface area (Å²) in [5.41, 5.74) is 2.95. The SMILES string of the molecule is CCOC(=O)C1=C(c2ccccc2)N=c2s/c(=C\c3ccc(-c4ccc(C)c([N+](=O)[O-])c4)o3)c(=O)n2[C@H]1c1ccc(SC)cc1. The van der Waals surface area contributed by atoms with Crippen molar-refractivity contribution in [3.8, 4) is 11.3 Å². The second-order valence-electron chi connectivity index (χ2n) is 10.2. The summed E-state index contributed by atoms with van der Waals surface area (Å²) in [7, 11) is 0. The predicted octanol–water partition coefficient (Wildman–Crippen LogP) is 6.13.